The molecule has 1 amide bonds. The summed E-state index contributed by atoms with van der Waals surface area (Å²) in [5.74, 6) is -0.186. The van der Waals surface area contributed by atoms with Gasteiger partial charge in [0.15, 0.2) is 5.13 Å². The molecule has 5 nitrogen and oxygen atoms in total. The molecule has 1 aromatic carbocycles. The first-order valence-corrected chi connectivity index (χ1v) is 12.2. The minimum atomic E-state index is -0.186. The lowest BCUT2D eigenvalue weighted by Gasteiger charge is -2.15. The number of thiophene rings is 1. The third-order valence-corrected chi connectivity index (χ3v) is 7.16. The number of rotatable bonds is 8. The van der Waals surface area contributed by atoms with E-state index in [9.17, 15) is 4.79 Å². The Balaban J connectivity index is 1.62. The number of aromatic nitrogens is 2. The lowest BCUT2D eigenvalue weighted by atomic mass is 10.1. The second-order valence-corrected chi connectivity index (χ2v) is 9.77. The van der Waals surface area contributed by atoms with E-state index in [4.69, 9.17) is 16.6 Å². The van der Waals surface area contributed by atoms with Crippen LogP contribution in [-0.2, 0) is 6.54 Å². The fraction of sp³-hybridized carbons (Fsp3) is 0.261. The Bertz CT molecular complexity index is 1200. The molecule has 0 aliphatic rings. The number of amides is 1. The number of anilines is 1. The van der Waals surface area contributed by atoms with Crippen molar-refractivity contribution < 1.29 is 4.79 Å². The molecule has 0 aliphatic heterocycles. The van der Waals surface area contributed by atoms with Crippen molar-refractivity contribution in [2.45, 2.75) is 26.3 Å². The van der Waals surface area contributed by atoms with Gasteiger partial charge in [0.05, 0.1) is 26.7 Å². The summed E-state index contributed by atoms with van der Waals surface area (Å²) in [4.78, 5) is 26.6. The van der Waals surface area contributed by atoms with Crippen LogP contribution in [0, 0.1) is 0 Å². The zero-order valence-electron chi connectivity index (χ0n) is 17.4. The molecule has 4 rings (SSSR count). The van der Waals surface area contributed by atoms with Crippen molar-refractivity contribution in [1.29, 1.82) is 0 Å². The van der Waals surface area contributed by atoms with Gasteiger partial charge in [0.25, 0.3) is 5.91 Å². The summed E-state index contributed by atoms with van der Waals surface area (Å²) in [6.07, 6.45) is 3.96. The summed E-state index contributed by atoms with van der Waals surface area (Å²) in [6, 6.07) is 11.3. The van der Waals surface area contributed by atoms with E-state index < -0.39 is 0 Å². The maximum Gasteiger partial charge on any atom is 0.258 e. The standard InChI is InChI=1S/C23H23ClN4OS2/c1-3-4-11-28(2)13-20-21(19-12-15(24)14-30-19)26-23(31-20)27-22(29)17-9-10-25-18-8-6-5-7-16(17)18/h5-10,12,14H,3-4,11,13H2,1-2H3,(H,26,27,29). The lowest BCUT2D eigenvalue weighted by Crippen LogP contribution is -2.18. The maximum atomic E-state index is 13.1. The Morgan fingerprint density at radius 2 is 2.10 bits per heavy atom. The first-order valence-electron chi connectivity index (χ1n) is 10.1. The van der Waals surface area contributed by atoms with Gasteiger partial charge >= 0.3 is 0 Å². The molecule has 4 aromatic rings. The van der Waals surface area contributed by atoms with Gasteiger partial charge in [-0.15, -0.1) is 11.3 Å². The average molecular weight is 471 g/mol. The van der Waals surface area contributed by atoms with Crippen LogP contribution in [0.5, 0.6) is 0 Å². The van der Waals surface area contributed by atoms with Crippen LogP contribution in [0.1, 0.15) is 35.0 Å². The number of hydrogen-bond acceptors (Lipinski definition) is 6. The van der Waals surface area contributed by atoms with Crippen LogP contribution in [0.4, 0.5) is 5.13 Å². The number of thiazole rings is 1. The number of carbonyl (C=O) groups is 1. The molecule has 0 spiro atoms. The highest BCUT2D eigenvalue weighted by atomic mass is 35.5. The smallest absolute Gasteiger partial charge is 0.258 e. The number of pyridine rings is 1. The van der Waals surface area contributed by atoms with Crippen LogP contribution >= 0.6 is 34.3 Å². The van der Waals surface area contributed by atoms with Crippen molar-refractivity contribution in [1.82, 2.24) is 14.9 Å². The van der Waals surface area contributed by atoms with Gasteiger partial charge in [-0.2, -0.15) is 0 Å². The fourth-order valence-electron chi connectivity index (χ4n) is 3.35. The van der Waals surface area contributed by atoms with E-state index >= 15 is 0 Å². The lowest BCUT2D eigenvalue weighted by molar-refractivity contribution is 0.102. The zero-order valence-corrected chi connectivity index (χ0v) is 19.8. The van der Waals surface area contributed by atoms with Crippen LogP contribution in [0.25, 0.3) is 21.5 Å². The van der Waals surface area contributed by atoms with Crippen molar-refractivity contribution in [2.75, 3.05) is 18.9 Å². The SMILES string of the molecule is CCCCN(C)Cc1sc(NC(=O)c2ccnc3ccccc23)nc1-c1cc(Cl)cs1. The molecule has 0 aliphatic carbocycles. The quantitative estimate of drug-likeness (QED) is 0.317. The summed E-state index contributed by atoms with van der Waals surface area (Å²) in [5, 5.41) is 7.01. The van der Waals surface area contributed by atoms with E-state index in [1.165, 1.54) is 11.3 Å². The van der Waals surface area contributed by atoms with Gasteiger partial charge in [0.2, 0.25) is 0 Å². The first-order chi connectivity index (χ1) is 15.0. The summed E-state index contributed by atoms with van der Waals surface area (Å²) in [7, 11) is 2.11. The van der Waals surface area contributed by atoms with Crippen molar-refractivity contribution in [2.24, 2.45) is 0 Å². The Kier molecular flexibility index (Phi) is 6.97. The number of hydrogen-bond donors (Lipinski definition) is 1. The highest BCUT2D eigenvalue weighted by Crippen LogP contribution is 2.37. The van der Waals surface area contributed by atoms with Crippen LogP contribution in [0.15, 0.2) is 48.0 Å². The van der Waals surface area contributed by atoms with Gasteiger partial charge < -0.3 is 4.90 Å². The van der Waals surface area contributed by atoms with Gasteiger partial charge in [0, 0.05) is 28.4 Å². The Morgan fingerprint density at radius 1 is 1.26 bits per heavy atom. The van der Waals surface area contributed by atoms with Gasteiger partial charge in [-0.25, -0.2) is 4.98 Å². The van der Waals surface area contributed by atoms with Crippen molar-refractivity contribution >= 4 is 56.2 Å². The van der Waals surface area contributed by atoms with Gasteiger partial charge in [-0.1, -0.05) is 54.5 Å². The predicted molar refractivity (Wildman–Crippen MR) is 131 cm³/mol. The van der Waals surface area contributed by atoms with E-state index in [2.05, 4.69) is 29.2 Å². The largest absolute Gasteiger partial charge is 0.301 e. The maximum absolute atomic E-state index is 13.1. The first kappa shape index (κ1) is 21.9. The minimum Gasteiger partial charge on any atom is -0.301 e. The fourth-order valence-corrected chi connectivity index (χ4v) is 5.56. The van der Waals surface area contributed by atoms with Gasteiger partial charge in [-0.3, -0.25) is 15.1 Å². The minimum absolute atomic E-state index is 0.186. The number of nitrogens with zero attached hydrogens (tertiary/aromatic N) is 3. The number of benzene rings is 1. The molecule has 0 saturated heterocycles. The molecule has 0 bridgehead atoms. The highest BCUT2D eigenvalue weighted by molar-refractivity contribution is 7.17. The monoisotopic (exact) mass is 470 g/mol. The number of halogens is 1. The third kappa shape index (κ3) is 5.13. The van der Waals surface area contributed by atoms with E-state index in [1.807, 2.05) is 35.7 Å². The summed E-state index contributed by atoms with van der Waals surface area (Å²) in [5.41, 5.74) is 2.27. The molecule has 3 heterocycles. The second kappa shape index (κ2) is 9.87. The summed E-state index contributed by atoms with van der Waals surface area (Å²) in [6.45, 7) is 3.98. The van der Waals surface area contributed by atoms with Crippen LogP contribution in [0.2, 0.25) is 5.02 Å². The summed E-state index contributed by atoms with van der Waals surface area (Å²) < 4.78 is 0. The van der Waals surface area contributed by atoms with Crippen molar-refractivity contribution in [3.63, 3.8) is 0 Å². The topological polar surface area (TPSA) is 58.1 Å². The van der Waals surface area contributed by atoms with E-state index in [-0.39, 0.29) is 5.91 Å². The Hall–Kier alpha value is -2.32. The van der Waals surface area contributed by atoms with Crippen LogP contribution in [-0.4, -0.2) is 34.4 Å². The normalized spacial score (nSPS) is 11.4. The molecule has 0 atom stereocenters. The molecule has 160 valence electrons. The molecule has 3 aromatic heterocycles. The molecule has 8 heteroatoms. The van der Waals surface area contributed by atoms with E-state index in [0.29, 0.717) is 15.7 Å². The molecule has 0 saturated carbocycles. The van der Waals surface area contributed by atoms with Crippen LogP contribution < -0.4 is 5.32 Å². The number of unbranched alkanes of at least 4 members (excludes halogenated alkanes) is 1. The number of carbonyl (C=O) groups excluding carboxylic acids is 1. The van der Waals surface area contributed by atoms with Gasteiger partial charge in [-0.05, 0) is 38.2 Å². The van der Waals surface area contributed by atoms with Crippen LogP contribution in [0.3, 0.4) is 0 Å². The molecular formula is C23H23ClN4OS2. The number of para-hydroxylation sites is 1. The third-order valence-electron chi connectivity index (χ3n) is 4.92. The second-order valence-electron chi connectivity index (χ2n) is 7.34. The molecule has 0 fully saturated rings. The summed E-state index contributed by atoms with van der Waals surface area (Å²) >= 11 is 9.25. The van der Waals surface area contributed by atoms with E-state index in [0.717, 1.165) is 52.3 Å². The Morgan fingerprint density at radius 3 is 2.87 bits per heavy atom. The molecule has 0 radical (unpaired) electrons. The molecule has 0 unspecified atom stereocenters. The van der Waals surface area contributed by atoms with Crippen molar-refractivity contribution in [3.8, 4) is 10.6 Å². The molecule has 1 N–H and O–H groups in total. The Labute approximate surface area is 194 Å². The van der Waals surface area contributed by atoms with Crippen molar-refractivity contribution in [3.05, 3.63) is 63.4 Å². The average Bonchev–Trinajstić information content (AvgIpc) is 3.37. The predicted octanol–water partition coefficient (Wildman–Crippen LogP) is 6.56. The molecular weight excluding hydrogens is 448 g/mol. The molecule has 31 heavy (non-hydrogen) atoms. The zero-order chi connectivity index (χ0) is 21.8. The van der Waals surface area contributed by atoms with E-state index in [1.54, 1.807) is 23.6 Å². The number of nitrogens with one attached hydrogen (secondary N) is 1. The van der Waals surface area contributed by atoms with Gasteiger partial charge in [0.1, 0.15) is 0 Å². The highest BCUT2D eigenvalue weighted by Gasteiger charge is 2.19. The number of fused-ring (bicyclic) bond motifs is 1.